The molecule has 3 N–H and O–H groups in total. The Morgan fingerprint density at radius 3 is 2.24 bits per heavy atom. The maximum absolute atomic E-state index is 13.8. The predicted octanol–water partition coefficient (Wildman–Crippen LogP) is 1.45. The van der Waals surface area contributed by atoms with Crippen molar-refractivity contribution in [2.75, 3.05) is 19.7 Å². The van der Waals surface area contributed by atoms with Gasteiger partial charge in [0.25, 0.3) is 5.91 Å². The molecule has 1 saturated carbocycles. The van der Waals surface area contributed by atoms with Crippen LogP contribution in [0, 0.1) is 17.8 Å². The van der Waals surface area contributed by atoms with Crippen molar-refractivity contribution in [1.82, 2.24) is 4.90 Å². The van der Waals surface area contributed by atoms with Gasteiger partial charge in [-0.25, -0.2) is 8.78 Å². The Morgan fingerprint density at radius 1 is 1.16 bits per heavy atom. The first-order valence-corrected chi connectivity index (χ1v) is 9.45. The standard InChI is InChI=1S/C16H25Cl2F2NO4/c17-10-5-9(12(23)6-11(10)18)14(15(19)20)8-1-3-21(4-2-8)16(25)13(24)7-22/h8-15,22-24H,1-7H2/t9?,10?,11?,12?,13-,14?/m1/s1. The number of carbonyl (C=O) groups is 1. The molecule has 2 rings (SSSR count). The first-order valence-electron chi connectivity index (χ1n) is 8.58. The highest BCUT2D eigenvalue weighted by molar-refractivity contribution is 6.30. The van der Waals surface area contributed by atoms with E-state index >= 15 is 0 Å². The van der Waals surface area contributed by atoms with E-state index in [1.165, 1.54) is 4.90 Å². The second-order valence-electron chi connectivity index (χ2n) is 7.01. The van der Waals surface area contributed by atoms with E-state index in [2.05, 4.69) is 0 Å². The van der Waals surface area contributed by atoms with Gasteiger partial charge < -0.3 is 20.2 Å². The van der Waals surface area contributed by atoms with Crippen LogP contribution in [-0.4, -0.2) is 75.2 Å². The second kappa shape index (κ2) is 9.13. The summed E-state index contributed by atoms with van der Waals surface area (Å²) in [4.78, 5) is 13.3. The van der Waals surface area contributed by atoms with Gasteiger partial charge in [0.05, 0.1) is 23.5 Å². The molecule has 25 heavy (non-hydrogen) atoms. The van der Waals surface area contributed by atoms with Gasteiger partial charge in [-0.3, -0.25) is 4.79 Å². The molecular formula is C16H25Cl2F2NO4. The van der Waals surface area contributed by atoms with Gasteiger partial charge in [-0.05, 0) is 37.5 Å². The van der Waals surface area contributed by atoms with Gasteiger partial charge >= 0.3 is 0 Å². The van der Waals surface area contributed by atoms with Gasteiger partial charge in [-0.15, -0.1) is 23.2 Å². The largest absolute Gasteiger partial charge is 0.393 e. The number of amides is 1. The Bertz CT molecular complexity index is 452. The number of likely N-dealkylation sites (tertiary alicyclic amines) is 1. The number of hydrogen-bond acceptors (Lipinski definition) is 4. The molecule has 146 valence electrons. The zero-order valence-electron chi connectivity index (χ0n) is 13.8. The maximum atomic E-state index is 13.8. The molecule has 2 fully saturated rings. The van der Waals surface area contributed by atoms with E-state index in [1.54, 1.807) is 0 Å². The molecule has 1 amide bonds. The van der Waals surface area contributed by atoms with Gasteiger partial charge in [-0.1, -0.05) is 0 Å². The lowest BCUT2D eigenvalue weighted by molar-refractivity contribution is -0.144. The molecule has 1 aliphatic carbocycles. The minimum absolute atomic E-state index is 0.198. The number of hydrogen-bond donors (Lipinski definition) is 3. The SMILES string of the molecule is O=C([C@H](O)CO)N1CCC(C(C(F)F)C2CC(Cl)C(Cl)CC2O)CC1. The van der Waals surface area contributed by atoms with E-state index in [1.807, 2.05) is 0 Å². The normalized spacial score (nSPS) is 34.2. The number of aliphatic hydroxyl groups is 3. The fourth-order valence-corrected chi connectivity index (χ4v) is 4.66. The van der Waals surface area contributed by atoms with Crippen LogP contribution < -0.4 is 0 Å². The Labute approximate surface area is 155 Å². The molecule has 0 aromatic heterocycles. The van der Waals surface area contributed by atoms with Gasteiger partial charge in [0, 0.05) is 19.0 Å². The lowest BCUT2D eigenvalue weighted by atomic mass is 9.70. The third-order valence-corrected chi connectivity index (χ3v) is 6.58. The predicted molar refractivity (Wildman–Crippen MR) is 89.9 cm³/mol. The van der Waals surface area contributed by atoms with Crippen molar-refractivity contribution in [2.24, 2.45) is 17.8 Å². The first-order chi connectivity index (χ1) is 11.8. The molecule has 2 aliphatic rings. The zero-order valence-corrected chi connectivity index (χ0v) is 15.3. The van der Waals surface area contributed by atoms with Gasteiger partial charge in [0.1, 0.15) is 0 Å². The number of piperidine rings is 1. The molecule has 6 atom stereocenters. The maximum Gasteiger partial charge on any atom is 0.253 e. The minimum Gasteiger partial charge on any atom is -0.393 e. The highest BCUT2D eigenvalue weighted by atomic mass is 35.5. The third-order valence-electron chi connectivity index (χ3n) is 5.49. The summed E-state index contributed by atoms with van der Waals surface area (Å²) in [7, 11) is 0. The fourth-order valence-electron chi connectivity index (χ4n) is 4.07. The van der Waals surface area contributed by atoms with Crippen molar-refractivity contribution in [3.8, 4) is 0 Å². The third kappa shape index (κ3) is 4.95. The summed E-state index contributed by atoms with van der Waals surface area (Å²) in [5.74, 6) is -2.54. The van der Waals surface area contributed by atoms with Crippen LogP contribution in [0.3, 0.4) is 0 Å². The molecule has 5 unspecified atom stereocenters. The summed E-state index contributed by atoms with van der Waals surface area (Å²) in [6, 6.07) is 0. The van der Waals surface area contributed by atoms with E-state index in [0.717, 1.165) is 0 Å². The van der Waals surface area contributed by atoms with E-state index < -0.39 is 53.7 Å². The highest BCUT2D eigenvalue weighted by Crippen LogP contribution is 2.43. The van der Waals surface area contributed by atoms with Crippen molar-refractivity contribution >= 4 is 29.1 Å². The molecule has 0 spiro atoms. The van der Waals surface area contributed by atoms with Crippen LogP contribution in [0.2, 0.25) is 0 Å². The van der Waals surface area contributed by atoms with Crippen LogP contribution in [0.25, 0.3) is 0 Å². The summed E-state index contributed by atoms with van der Waals surface area (Å²) in [6.07, 6.45) is -3.81. The van der Waals surface area contributed by atoms with Crippen LogP contribution >= 0.6 is 23.2 Å². The van der Waals surface area contributed by atoms with Crippen LogP contribution in [-0.2, 0) is 4.79 Å². The Kier molecular flexibility index (Phi) is 7.70. The number of nitrogens with zero attached hydrogens (tertiary/aromatic N) is 1. The van der Waals surface area contributed by atoms with Crippen molar-refractivity contribution < 1.29 is 28.9 Å². The van der Waals surface area contributed by atoms with E-state index in [0.29, 0.717) is 12.8 Å². The molecule has 9 heteroatoms. The van der Waals surface area contributed by atoms with Crippen molar-refractivity contribution in [3.63, 3.8) is 0 Å². The number of rotatable bonds is 5. The molecule has 0 aromatic rings. The fraction of sp³-hybridized carbons (Fsp3) is 0.938. The Hall–Kier alpha value is -0.210. The summed E-state index contributed by atoms with van der Waals surface area (Å²) in [5, 5.41) is 27.6. The second-order valence-corrected chi connectivity index (χ2v) is 8.13. The highest BCUT2D eigenvalue weighted by Gasteiger charge is 2.45. The molecule has 5 nitrogen and oxygen atoms in total. The van der Waals surface area contributed by atoms with E-state index in [9.17, 15) is 23.8 Å². The van der Waals surface area contributed by atoms with Crippen molar-refractivity contribution in [1.29, 1.82) is 0 Å². The number of halogens is 4. The lowest BCUT2D eigenvalue weighted by Gasteiger charge is -2.43. The number of aliphatic hydroxyl groups excluding tert-OH is 3. The average Bonchev–Trinajstić information content (AvgIpc) is 2.58. The molecule has 1 heterocycles. The molecule has 0 aromatic carbocycles. The van der Waals surface area contributed by atoms with Crippen molar-refractivity contribution in [3.05, 3.63) is 0 Å². The molecule has 1 aliphatic heterocycles. The molecular weight excluding hydrogens is 379 g/mol. The van der Waals surface area contributed by atoms with Crippen LogP contribution in [0.15, 0.2) is 0 Å². The van der Waals surface area contributed by atoms with Crippen LogP contribution in [0.5, 0.6) is 0 Å². The summed E-state index contributed by atoms with van der Waals surface area (Å²) in [6.45, 7) is -0.173. The van der Waals surface area contributed by atoms with Crippen molar-refractivity contribution in [2.45, 2.75) is 55.1 Å². The molecule has 1 saturated heterocycles. The Morgan fingerprint density at radius 2 is 1.72 bits per heavy atom. The topological polar surface area (TPSA) is 81.0 Å². The lowest BCUT2D eigenvalue weighted by Crippen LogP contribution is -2.49. The monoisotopic (exact) mass is 403 g/mol. The van der Waals surface area contributed by atoms with E-state index in [-0.39, 0.29) is 31.8 Å². The summed E-state index contributed by atoms with van der Waals surface area (Å²) in [5.41, 5.74) is 0. The zero-order chi connectivity index (χ0) is 18.7. The van der Waals surface area contributed by atoms with Gasteiger partial charge in [-0.2, -0.15) is 0 Å². The smallest absolute Gasteiger partial charge is 0.253 e. The average molecular weight is 404 g/mol. The minimum atomic E-state index is -2.59. The van der Waals surface area contributed by atoms with Gasteiger partial charge in [0.2, 0.25) is 6.43 Å². The first kappa shape index (κ1) is 21.1. The van der Waals surface area contributed by atoms with Gasteiger partial charge in [0.15, 0.2) is 6.10 Å². The number of carbonyl (C=O) groups excluding carboxylic acids is 1. The Balaban J connectivity index is 2.01. The summed E-state index contributed by atoms with van der Waals surface area (Å²) < 4.78 is 27.5. The number of alkyl halides is 4. The molecule has 0 bridgehead atoms. The van der Waals surface area contributed by atoms with E-state index in [4.69, 9.17) is 28.3 Å². The van der Waals surface area contributed by atoms with Crippen LogP contribution in [0.4, 0.5) is 8.78 Å². The van der Waals surface area contributed by atoms with Crippen LogP contribution in [0.1, 0.15) is 25.7 Å². The quantitative estimate of drug-likeness (QED) is 0.606. The molecule has 0 radical (unpaired) electrons. The summed E-state index contributed by atoms with van der Waals surface area (Å²) >= 11 is 12.2.